The summed E-state index contributed by atoms with van der Waals surface area (Å²) in [6.07, 6.45) is -0.350. The van der Waals surface area contributed by atoms with E-state index in [4.69, 9.17) is 0 Å². The molecule has 1 aromatic carbocycles. The lowest BCUT2D eigenvalue weighted by atomic mass is 9.88. The molecule has 13 heavy (non-hydrogen) atoms. The summed E-state index contributed by atoms with van der Waals surface area (Å²) in [7, 11) is 0. The monoisotopic (exact) mass is 177 g/mol. The second kappa shape index (κ2) is 3.48. The zero-order valence-corrected chi connectivity index (χ0v) is 7.83. The van der Waals surface area contributed by atoms with E-state index in [9.17, 15) is 5.11 Å². The zero-order chi connectivity index (χ0) is 9.26. The van der Waals surface area contributed by atoms with Crippen LogP contribution in [0.2, 0.25) is 0 Å². The molecule has 2 heteroatoms. The Balaban J connectivity index is 2.31. The Morgan fingerprint density at radius 2 is 2.08 bits per heavy atom. The Morgan fingerprint density at radius 1 is 1.38 bits per heavy atom. The average molecular weight is 177 g/mol. The Morgan fingerprint density at radius 3 is 2.62 bits per heavy atom. The highest BCUT2D eigenvalue weighted by molar-refractivity contribution is 5.33. The largest absolute Gasteiger partial charge is 0.389 e. The lowest BCUT2D eigenvalue weighted by Crippen LogP contribution is -2.40. The van der Waals surface area contributed by atoms with Crippen molar-refractivity contribution in [3.05, 3.63) is 35.4 Å². The second-order valence-corrected chi connectivity index (χ2v) is 3.66. The van der Waals surface area contributed by atoms with E-state index in [1.54, 1.807) is 0 Å². The molecule has 2 N–H and O–H groups in total. The second-order valence-electron chi connectivity index (χ2n) is 3.66. The Kier molecular flexibility index (Phi) is 2.34. The first-order valence-corrected chi connectivity index (χ1v) is 4.76. The summed E-state index contributed by atoms with van der Waals surface area (Å²) in [6, 6.07) is 8.16. The summed E-state index contributed by atoms with van der Waals surface area (Å²) in [4.78, 5) is 0. The molecule has 0 bridgehead atoms. The van der Waals surface area contributed by atoms with Crippen LogP contribution in [0, 0.1) is 0 Å². The minimum absolute atomic E-state index is 0.350. The third-order valence-electron chi connectivity index (χ3n) is 2.67. The fourth-order valence-electron chi connectivity index (χ4n) is 1.77. The molecule has 1 aliphatic heterocycles. The molecule has 0 amide bonds. The Labute approximate surface area is 78.6 Å². The molecule has 0 aromatic heterocycles. The fraction of sp³-hybridized carbons (Fsp3) is 0.455. The van der Waals surface area contributed by atoms with Crippen LogP contribution in [0.3, 0.4) is 0 Å². The molecule has 1 aromatic rings. The molecular weight excluding hydrogens is 162 g/mol. The van der Waals surface area contributed by atoms with Crippen molar-refractivity contribution in [3.8, 4) is 0 Å². The van der Waals surface area contributed by atoms with Gasteiger partial charge in [0.15, 0.2) is 0 Å². The molecule has 2 nitrogen and oxygen atoms in total. The third-order valence-corrected chi connectivity index (χ3v) is 2.67. The highest BCUT2D eigenvalue weighted by Crippen LogP contribution is 2.27. The van der Waals surface area contributed by atoms with Gasteiger partial charge in [0.1, 0.15) is 0 Å². The molecule has 1 fully saturated rings. The van der Waals surface area contributed by atoms with E-state index in [0.717, 1.165) is 18.7 Å². The van der Waals surface area contributed by atoms with Gasteiger partial charge in [0, 0.05) is 19.0 Å². The van der Waals surface area contributed by atoms with Crippen LogP contribution >= 0.6 is 0 Å². The fourth-order valence-corrected chi connectivity index (χ4v) is 1.77. The minimum atomic E-state index is -0.350. The Hall–Kier alpha value is -0.860. The maximum absolute atomic E-state index is 9.55. The predicted molar refractivity (Wildman–Crippen MR) is 52.7 cm³/mol. The summed E-state index contributed by atoms with van der Waals surface area (Å²) in [6.45, 7) is 3.92. The number of hydrogen-bond acceptors (Lipinski definition) is 2. The van der Waals surface area contributed by atoms with Gasteiger partial charge in [-0.05, 0) is 18.1 Å². The molecule has 1 saturated heterocycles. The van der Waals surface area contributed by atoms with Gasteiger partial charge in [-0.15, -0.1) is 0 Å². The van der Waals surface area contributed by atoms with E-state index in [-0.39, 0.29) is 6.10 Å². The summed E-state index contributed by atoms with van der Waals surface area (Å²) in [5, 5.41) is 12.8. The van der Waals surface area contributed by atoms with E-state index in [0.29, 0.717) is 5.92 Å². The zero-order valence-electron chi connectivity index (χ0n) is 7.83. The molecule has 1 unspecified atom stereocenters. The van der Waals surface area contributed by atoms with Crippen LogP contribution < -0.4 is 5.32 Å². The number of nitrogens with one attached hydrogen (secondary N) is 1. The van der Waals surface area contributed by atoms with Gasteiger partial charge in [-0.3, -0.25) is 0 Å². The van der Waals surface area contributed by atoms with E-state index >= 15 is 0 Å². The van der Waals surface area contributed by atoms with Gasteiger partial charge in [0.2, 0.25) is 0 Å². The predicted octanol–water partition coefficient (Wildman–Crippen LogP) is 1.43. The lowest BCUT2D eigenvalue weighted by Gasteiger charge is -2.29. The van der Waals surface area contributed by atoms with Crippen LogP contribution in [-0.2, 0) is 0 Å². The van der Waals surface area contributed by atoms with Crippen molar-refractivity contribution in [1.82, 2.24) is 5.32 Å². The van der Waals surface area contributed by atoms with Gasteiger partial charge in [-0.2, -0.15) is 0 Å². The van der Waals surface area contributed by atoms with E-state index in [2.05, 4.69) is 11.4 Å². The third kappa shape index (κ3) is 1.60. The topological polar surface area (TPSA) is 32.3 Å². The van der Waals surface area contributed by atoms with E-state index in [1.165, 1.54) is 5.56 Å². The summed E-state index contributed by atoms with van der Waals surface area (Å²) in [5.74, 6) is 0.603. The van der Waals surface area contributed by atoms with Crippen molar-refractivity contribution in [3.63, 3.8) is 0 Å². The average Bonchev–Trinajstić information content (AvgIpc) is 2.02. The van der Waals surface area contributed by atoms with Crippen LogP contribution in [-0.4, -0.2) is 18.2 Å². The molecule has 1 atom stereocenters. The quantitative estimate of drug-likeness (QED) is 0.716. The van der Waals surface area contributed by atoms with Crippen LogP contribution in [0.1, 0.15) is 30.1 Å². The van der Waals surface area contributed by atoms with Gasteiger partial charge in [0.05, 0.1) is 6.10 Å². The van der Waals surface area contributed by atoms with Crippen molar-refractivity contribution in [2.45, 2.75) is 18.9 Å². The molecule has 0 aliphatic carbocycles. The van der Waals surface area contributed by atoms with E-state index in [1.807, 2.05) is 25.1 Å². The van der Waals surface area contributed by atoms with Crippen LogP contribution in [0.25, 0.3) is 0 Å². The first-order valence-electron chi connectivity index (χ1n) is 4.76. The van der Waals surface area contributed by atoms with Crippen LogP contribution in [0.5, 0.6) is 0 Å². The summed E-state index contributed by atoms with van der Waals surface area (Å²) in [5.41, 5.74) is 2.38. The molecule has 0 spiro atoms. The van der Waals surface area contributed by atoms with Gasteiger partial charge >= 0.3 is 0 Å². The van der Waals surface area contributed by atoms with E-state index < -0.39 is 0 Å². The van der Waals surface area contributed by atoms with Crippen LogP contribution in [0.15, 0.2) is 24.3 Å². The number of aliphatic hydroxyl groups excluding tert-OH is 1. The molecule has 0 radical (unpaired) electrons. The molecule has 0 saturated carbocycles. The number of benzene rings is 1. The number of hydrogen-bond donors (Lipinski definition) is 2. The molecule has 70 valence electrons. The van der Waals surface area contributed by atoms with Gasteiger partial charge < -0.3 is 10.4 Å². The normalized spacial score (nSPS) is 19.5. The van der Waals surface area contributed by atoms with Gasteiger partial charge in [-0.1, -0.05) is 24.3 Å². The van der Waals surface area contributed by atoms with Crippen molar-refractivity contribution < 1.29 is 5.11 Å². The Bertz CT molecular complexity index is 292. The van der Waals surface area contributed by atoms with Gasteiger partial charge in [0.25, 0.3) is 0 Å². The SMILES string of the molecule is CC(O)c1ccccc1C1CNC1. The number of rotatable bonds is 2. The standard InChI is InChI=1S/C11H15NO/c1-8(13)10-4-2-3-5-11(10)9-6-12-7-9/h2-5,8-9,12-13H,6-7H2,1H3. The maximum Gasteiger partial charge on any atom is 0.0764 e. The highest BCUT2D eigenvalue weighted by atomic mass is 16.3. The molecular formula is C11H15NO. The van der Waals surface area contributed by atoms with Crippen molar-refractivity contribution in [2.24, 2.45) is 0 Å². The first kappa shape index (κ1) is 8.73. The number of aliphatic hydroxyl groups is 1. The van der Waals surface area contributed by atoms with Gasteiger partial charge in [-0.25, -0.2) is 0 Å². The minimum Gasteiger partial charge on any atom is -0.389 e. The molecule has 1 heterocycles. The van der Waals surface area contributed by atoms with Crippen LogP contribution in [0.4, 0.5) is 0 Å². The smallest absolute Gasteiger partial charge is 0.0764 e. The van der Waals surface area contributed by atoms with Crippen molar-refractivity contribution in [1.29, 1.82) is 0 Å². The van der Waals surface area contributed by atoms with Crippen molar-refractivity contribution in [2.75, 3.05) is 13.1 Å². The first-order chi connectivity index (χ1) is 6.29. The molecule has 2 rings (SSSR count). The maximum atomic E-state index is 9.55. The highest BCUT2D eigenvalue weighted by Gasteiger charge is 2.22. The van der Waals surface area contributed by atoms with Crippen molar-refractivity contribution >= 4 is 0 Å². The molecule has 1 aliphatic rings. The summed E-state index contributed by atoms with van der Waals surface area (Å²) < 4.78 is 0. The summed E-state index contributed by atoms with van der Waals surface area (Å²) >= 11 is 0. The lowest BCUT2D eigenvalue weighted by molar-refractivity contribution is 0.196.